The predicted molar refractivity (Wildman–Crippen MR) is 127 cm³/mol. The van der Waals surface area contributed by atoms with Crippen LogP contribution in [0.1, 0.15) is 54.3 Å². The molecule has 0 saturated heterocycles. The highest BCUT2D eigenvalue weighted by Crippen LogP contribution is 2.30. The summed E-state index contributed by atoms with van der Waals surface area (Å²) in [4.78, 5) is 15.6. The quantitative estimate of drug-likeness (QED) is 0.359. The highest BCUT2D eigenvalue weighted by molar-refractivity contribution is 6.31. The average Bonchev–Trinajstić information content (AvgIpc) is 3.24. The van der Waals surface area contributed by atoms with Gasteiger partial charge in [0.2, 0.25) is 5.91 Å². The Balaban J connectivity index is 1.57. The van der Waals surface area contributed by atoms with Gasteiger partial charge >= 0.3 is 0 Å². The highest BCUT2D eigenvalue weighted by Gasteiger charge is 2.31. The van der Waals surface area contributed by atoms with Crippen LogP contribution in [0.4, 0.5) is 0 Å². The molecule has 0 bridgehead atoms. The Morgan fingerprint density at radius 2 is 1.77 bits per heavy atom. The minimum atomic E-state index is -0.667. The monoisotopic (exact) mass is 454 g/mol. The molecule has 162 valence electrons. The largest absolute Gasteiger partial charge is 0.345 e. The molecule has 0 spiro atoms. The molecule has 0 aliphatic heterocycles. The van der Waals surface area contributed by atoms with Crippen LogP contribution in [0.3, 0.4) is 0 Å². The van der Waals surface area contributed by atoms with Gasteiger partial charge in [0, 0.05) is 29.5 Å². The maximum atomic E-state index is 13.6. The van der Waals surface area contributed by atoms with Gasteiger partial charge in [-0.3, -0.25) is 4.79 Å². The molecule has 3 nitrogen and oxygen atoms in total. The van der Waals surface area contributed by atoms with Crippen molar-refractivity contribution in [3.05, 3.63) is 94.8 Å². The fourth-order valence-electron chi connectivity index (χ4n) is 4.44. The Labute approximate surface area is 194 Å². The Bertz CT molecular complexity index is 995. The minimum absolute atomic E-state index is 0.00438. The van der Waals surface area contributed by atoms with Crippen molar-refractivity contribution in [2.75, 3.05) is 0 Å². The second kappa shape index (κ2) is 10.4. The van der Waals surface area contributed by atoms with Gasteiger partial charge in [-0.1, -0.05) is 73.3 Å². The van der Waals surface area contributed by atoms with Gasteiger partial charge in [-0.05, 0) is 48.2 Å². The van der Waals surface area contributed by atoms with Crippen LogP contribution >= 0.6 is 23.2 Å². The van der Waals surface area contributed by atoms with E-state index in [1.54, 1.807) is 0 Å². The van der Waals surface area contributed by atoms with Gasteiger partial charge in [0.25, 0.3) is 0 Å². The van der Waals surface area contributed by atoms with Crippen LogP contribution in [0.2, 0.25) is 5.02 Å². The number of alkyl halides is 1. The summed E-state index contributed by atoms with van der Waals surface area (Å²) in [6.45, 7) is 1.28. The number of amides is 1. The van der Waals surface area contributed by atoms with E-state index in [0.717, 1.165) is 54.1 Å². The van der Waals surface area contributed by atoms with Crippen LogP contribution in [0.5, 0.6) is 0 Å². The van der Waals surface area contributed by atoms with Crippen LogP contribution in [0, 0.1) is 0 Å². The van der Waals surface area contributed by atoms with E-state index in [0.29, 0.717) is 6.54 Å². The van der Waals surface area contributed by atoms with Gasteiger partial charge in [0.1, 0.15) is 5.38 Å². The Morgan fingerprint density at radius 3 is 2.52 bits per heavy atom. The Morgan fingerprint density at radius 1 is 1.00 bits per heavy atom. The van der Waals surface area contributed by atoms with Crippen molar-refractivity contribution >= 4 is 29.1 Å². The fourth-order valence-corrected chi connectivity index (χ4v) is 4.93. The van der Waals surface area contributed by atoms with E-state index in [-0.39, 0.29) is 11.9 Å². The zero-order valence-corrected chi connectivity index (χ0v) is 19.1. The number of carbonyl (C=O) groups excluding carboxylic acids is 1. The van der Waals surface area contributed by atoms with E-state index in [1.807, 2.05) is 59.5 Å². The van der Waals surface area contributed by atoms with E-state index in [1.165, 1.54) is 6.42 Å². The molecule has 4 rings (SSSR count). The summed E-state index contributed by atoms with van der Waals surface area (Å²) in [5.74, 6) is -0.00438. The molecule has 1 aliphatic carbocycles. The fraction of sp³-hybridized carbons (Fsp3) is 0.346. The molecule has 1 atom stereocenters. The lowest BCUT2D eigenvalue weighted by atomic mass is 9.93. The topological polar surface area (TPSA) is 25.2 Å². The number of aromatic nitrogens is 1. The van der Waals surface area contributed by atoms with Crippen molar-refractivity contribution in [2.24, 2.45) is 0 Å². The Hall–Kier alpha value is -2.23. The van der Waals surface area contributed by atoms with Crippen LogP contribution in [-0.4, -0.2) is 21.4 Å². The van der Waals surface area contributed by atoms with Crippen molar-refractivity contribution in [3.8, 4) is 0 Å². The molecule has 3 aromatic rings. The van der Waals surface area contributed by atoms with Gasteiger partial charge in [0.05, 0.1) is 6.54 Å². The molecule has 1 aliphatic rings. The summed E-state index contributed by atoms with van der Waals surface area (Å²) >= 11 is 12.9. The summed E-state index contributed by atoms with van der Waals surface area (Å²) < 4.78 is 2.19. The standard InChI is InChI=1S/C26H28Cl2N2O/c27-22-12-7-9-20(17-22)18-29-16-8-15-24(29)19-30(23-13-5-2-6-14-23)26(31)25(28)21-10-3-1-4-11-21/h1,3-4,7-12,15-17,23,25H,2,5-6,13-14,18-19H2. The van der Waals surface area contributed by atoms with Crippen molar-refractivity contribution in [1.29, 1.82) is 0 Å². The highest BCUT2D eigenvalue weighted by atomic mass is 35.5. The van der Waals surface area contributed by atoms with Crippen LogP contribution in [0.15, 0.2) is 72.9 Å². The third-order valence-corrected chi connectivity index (χ3v) is 6.78. The van der Waals surface area contributed by atoms with E-state index in [4.69, 9.17) is 23.2 Å². The normalized spacial score (nSPS) is 15.5. The molecule has 5 heteroatoms. The molecule has 1 saturated carbocycles. The van der Waals surface area contributed by atoms with Crippen LogP contribution < -0.4 is 0 Å². The molecule has 1 aromatic heterocycles. The van der Waals surface area contributed by atoms with Gasteiger partial charge in [-0.2, -0.15) is 0 Å². The SMILES string of the molecule is O=C(C(Cl)c1ccccc1)N(Cc1cccn1Cc1cccc(Cl)c1)C1CCCCC1. The van der Waals surface area contributed by atoms with E-state index >= 15 is 0 Å². The zero-order chi connectivity index (χ0) is 21.6. The lowest BCUT2D eigenvalue weighted by molar-refractivity contribution is -0.134. The molecule has 1 amide bonds. The second-order valence-electron chi connectivity index (χ2n) is 8.29. The van der Waals surface area contributed by atoms with Crippen molar-refractivity contribution in [2.45, 2.75) is 56.6 Å². The predicted octanol–water partition coefficient (Wildman–Crippen LogP) is 6.83. The minimum Gasteiger partial charge on any atom is -0.345 e. The number of halogens is 2. The first-order chi connectivity index (χ1) is 15.1. The molecular formula is C26H28Cl2N2O. The lowest BCUT2D eigenvalue weighted by Gasteiger charge is -2.36. The summed E-state index contributed by atoms with van der Waals surface area (Å²) in [6, 6.07) is 21.9. The molecule has 31 heavy (non-hydrogen) atoms. The number of carbonyl (C=O) groups is 1. The molecule has 0 radical (unpaired) electrons. The lowest BCUT2D eigenvalue weighted by Crippen LogP contribution is -2.43. The van der Waals surface area contributed by atoms with E-state index in [2.05, 4.69) is 22.9 Å². The van der Waals surface area contributed by atoms with Gasteiger partial charge < -0.3 is 9.47 Å². The van der Waals surface area contributed by atoms with Gasteiger partial charge in [-0.15, -0.1) is 11.6 Å². The maximum Gasteiger partial charge on any atom is 0.245 e. The van der Waals surface area contributed by atoms with Gasteiger partial charge in [-0.25, -0.2) is 0 Å². The van der Waals surface area contributed by atoms with Crippen LogP contribution in [0.25, 0.3) is 0 Å². The van der Waals surface area contributed by atoms with Crippen LogP contribution in [-0.2, 0) is 17.9 Å². The molecule has 1 unspecified atom stereocenters. The van der Waals surface area contributed by atoms with E-state index < -0.39 is 5.38 Å². The average molecular weight is 455 g/mol. The first-order valence-corrected chi connectivity index (χ1v) is 11.8. The smallest absolute Gasteiger partial charge is 0.245 e. The number of hydrogen-bond donors (Lipinski definition) is 0. The van der Waals surface area contributed by atoms with Crippen molar-refractivity contribution in [3.63, 3.8) is 0 Å². The maximum absolute atomic E-state index is 13.6. The molecule has 0 N–H and O–H groups in total. The van der Waals surface area contributed by atoms with E-state index in [9.17, 15) is 4.79 Å². The van der Waals surface area contributed by atoms with Gasteiger partial charge in [0.15, 0.2) is 0 Å². The first-order valence-electron chi connectivity index (χ1n) is 11.0. The first kappa shape index (κ1) is 22.0. The molecule has 1 heterocycles. The third-order valence-electron chi connectivity index (χ3n) is 6.11. The molecular weight excluding hydrogens is 427 g/mol. The summed E-state index contributed by atoms with van der Waals surface area (Å²) in [6.07, 6.45) is 7.71. The number of rotatable bonds is 7. The number of nitrogens with zero attached hydrogens (tertiary/aromatic N) is 2. The molecule has 2 aromatic carbocycles. The Kier molecular flexibility index (Phi) is 7.37. The number of hydrogen-bond acceptors (Lipinski definition) is 1. The summed E-state index contributed by atoms with van der Waals surface area (Å²) in [5.41, 5.74) is 3.10. The third kappa shape index (κ3) is 5.53. The number of benzene rings is 2. The van der Waals surface area contributed by atoms with Crippen molar-refractivity contribution < 1.29 is 4.79 Å². The summed E-state index contributed by atoms with van der Waals surface area (Å²) in [5, 5.41) is 0.0672. The summed E-state index contributed by atoms with van der Waals surface area (Å²) in [7, 11) is 0. The second-order valence-corrected chi connectivity index (χ2v) is 9.16. The van der Waals surface area contributed by atoms with Crippen molar-refractivity contribution in [1.82, 2.24) is 9.47 Å². The zero-order valence-electron chi connectivity index (χ0n) is 17.6. The molecule has 1 fully saturated rings.